The lowest BCUT2D eigenvalue weighted by Crippen LogP contribution is -2.30. The molecule has 0 aliphatic heterocycles. The van der Waals surface area contributed by atoms with Gasteiger partial charge in [-0.3, -0.25) is 9.59 Å². The second-order valence-corrected chi connectivity index (χ2v) is 6.03. The predicted octanol–water partition coefficient (Wildman–Crippen LogP) is 3.30. The lowest BCUT2D eigenvalue weighted by atomic mass is 10.2. The van der Waals surface area contributed by atoms with Crippen LogP contribution in [0, 0.1) is 0 Å². The molecule has 0 aliphatic rings. The van der Waals surface area contributed by atoms with Gasteiger partial charge in [0.25, 0.3) is 5.91 Å². The van der Waals surface area contributed by atoms with Crippen molar-refractivity contribution in [3.05, 3.63) is 45.7 Å². The third kappa shape index (κ3) is 5.13. The molecular formula is C15H15ClN2O3S. The molecule has 5 nitrogen and oxygen atoms in total. The number of aryl methyl sites for hydroxylation is 1. The van der Waals surface area contributed by atoms with Gasteiger partial charge in [-0.2, -0.15) is 0 Å². The molecule has 1 N–H and O–H groups in total. The number of ether oxygens (including phenoxy) is 1. The van der Waals surface area contributed by atoms with E-state index in [1.807, 2.05) is 17.5 Å². The van der Waals surface area contributed by atoms with E-state index in [9.17, 15) is 9.59 Å². The fraction of sp³-hybridized carbons (Fsp3) is 0.267. The summed E-state index contributed by atoms with van der Waals surface area (Å²) in [6, 6.07) is 7.08. The van der Waals surface area contributed by atoms with Gasteiger partial charge in [0.15, 0.2) is 6.10 Å². The lowest BCUT2D eigenvalue weighted by molar-refractivity contribution is -0.153. The molecule has 0 saturated heterocycles. The van der Waals surface area contributed by atoms with Gasteiger partial charge in [-0.1, -0.05) is 17.7 Å². The van der Waals surface area contributed by atoms with E-state index in [1.165, 1.54) is 13.1 Å². The maximum Gasteiger partial charge on any atom is 0.306 e. The van der Waals surface area contributed by atoms with Gasteiger partial charge >= 0.3 is 5.97 Å². The standard InChI is InChI=1S/C15H15ClN2O3S/c1-10(15(20)18-13-6-4-11(16)9-17-13)21-14(19)7-5-12-3-2-8-22-12/h2-4,6,8-10H,5,7H2,1H3,(H,17,18,20)/t10-/m1/s1. The van der Waals surface area contributed by atoms with E-state index in [0.29, 0.717) is 17.3 Å². The number of nitrogens with one attached hydrogen (secondary N) is 1. The highest BCUT2D eigenvalue weighted by molar-refractivity contribution is 7.09. The first-order chi connectivity index (χ1) is 10.5. The van der Waals surface area contributed by atoms with Crippen molar-refractivity contribution in [1.82, 2.24) is 4.98 Å². The van der Waals surface area contributed by atoms with E-state index in [0.717, 1.165) is 4.88 Å². The number of carbonyl (C=O) groups excluding carboxylic acids is 2. The van der Waals surface area contributed by atoms with Crippen LogP contribution >= 0.6 is 22.9 Å². The van der Waals surface area contributed by atoms with Crippen LogP contribution in [0.3, 0.4) is 0 Å². The fourth-order valence-electron chi connectivity index (χ4n) is 1.67. The number of hydrogen-bond donors (Lipinski definition) is 1. The molecule has 7 heteroatoms. The first-order valence-electron chi connectivity index (χ1n) is 6.69. The number of amides is 1. The maximum absolute atomic E-state index is 11.9. The molecule has 2 heterocycles. The monoisotopic (exact) mass is 338 g/mol. The molecule has 0 unspecified atom stereocenters. The second kappa shape index (κ2) is 7.91. The summed E-state index contributed by atoms with van der Waals surface area (Å²) >= 11 is 7.30. The summed E-state index contributed by atoms with van der Waals surface area (Å²) in [5.74, 6) is -0.477. The molecule has 116 valence electrons. The number of halogens is 1. The topological polar surface area (TPSA) is 68.3 Å². The molecule has 0 fully saturated rings. The summed E-state index contributed by atoms with van der Waals surface area (Å²) in [7, 11) is 0. The molecule has 0 aromatic carbocycles. The largest absolute Gasteiger partial charge is 0.453 e. The van der Waals surface area contributed by atoms with Gasteiger partial charge < -0.3 is 10.1 Å². The van der Waals surface area contributed by atoms with Crippen molar-refractivity contribution in [3.63, 3.8) is 0 Å². The highest BCUT2D eigenvalue weighted by Gasteiger charge is 2.18. The lowest BCUT2D eigenvalue weighted by Gasteiger charge is -2.13. The number of rotatable bonds is 6. The van der Waals surface area contributed by atoms with Crippen LogP contribution in [0.25, 0.3) is 0 Å². The van der Waals surface area contributed by atoms with E-state index in [2.05, 4.69) is 10.3 Å². The number of anilines is 1. The molecule has 22 heavy (non-hydrogen) atoms. The van der Waals surface area contributed by atoms with Crippen molar-refractivity contribution in [2.75, 3.05) is 5.32 Å². The Labute approximate surface area is 137 Å². The minimum Gasteiger partial charge on any atom is -0.453 e. The molecule has 1 atom stereocenters. The summed E-state index contributed by atoms with van der Waals surface area (Å²) in [6.45, 7) is 1.52. The van der Waals surface area contributed by atoms with Crippen LogP contribution in [-0.4, -0.2) is 23.0 Å². The van der Waals surface area contributed by atoms with E-state index < -0.39 is 18.0 Å². The third-order valence-corrected chi connectivity index (χ3v) is 3.97. The van der Waals surface area contributed by atoms with Crippen molar-refractivity contribution < 1.29 is 14.3 Å². The summed E-state index contributed by atoms with van der Waals surface area (Å²) in [5, 5.41) is 4.99. The van der Waals surface area contributed by atoms with E-state index in [-0.39, 0.29) is 6.42 Å². The van der Waals surface area contributed by atoms with Crippen LogP contribution in [0.1, 0.15) is 18.2 Å². The molecule has 2 rings (SSSR count). The molecule has 0 saturated carbocycles. The Kier molecular flexibility index (Phi) is 5.91. The quantitative estimate of drug-likeness (QED) is 0.820. The number of nitrogens with zero attached hydrogens (tertiary/aromatic N) is 1. The SMILES string of the molecule is C[C@@H](OC(=O)CCc1cccs1)C(=O)Nc1ccc(Cl)cn1. The van der Waals surface area contributed by atoms with Crippen LogP contribution < -0.4 is 5.32 Å². The van der Waals surface area contributed by atoms with Gasteiger partial charge in [-0.25, -0.2) is 4.98 Å². The van der Waals surface area contributed by atoms with Gasteiger partial charge in [0.05, 0.1) is 11.4 Å². The van der Waals surface area contributed by atoms with E-state index in [1.54, 1.807) is 23.5 Å². The van der Waals surface area contributed by atoms with Gasteiger partial charge in [0.1, 0.15) is 5.82 Å². The molecule has 2 aromatic heterocycles. The number of esters is 1. The summed E-state index contributed by atoms with van der Waals surface area (Å²) in [5.41, 5.74) is 0. The first kappa shape index (κ1) is 16.5. The molecule has 0 spiro atoms. The average molecular weight is 339 g/mol. The Balaban J connectivity index is 1.77. The minimum atomic E-state index is -0.881. The summed E-state index contributed by atoms with van der Waals surface area (Å²) in [4.78, 5) is 28.7. The van der Waals surface area contributed by atoms with Gasteiger partial charge in [-0.15, -0.1) is 11.3 Å². The Morgan fingerprint density at radius 3 is 2.86 bits per heavy atom. The van der Waals surface area contributed by atoms with Crippen LogP contribution in [-0.2, 0) is 20.7 Å². The summed E-state index contributed by atoms with van der Waals surface area (Å²) in [6.07, 6.45) is 1.41. The average Bonchev–Trinajstić information content (AvgIpc) is 3.01. The maximum atomic E-state index is 11.9. The smallest absolute Gasteiger partial charge is 0.306 e. The number of thiophene rings is 1. The number of aromatic nitrogens is 1. The van der Waals surface area contributed by atoms with E-state index >= 15 is 0 Å². The first-order valence-corrected chi connectivity index (χ1v) is 7.94. The van der Waals surface area contributed by atoms with Crippen LogP contribution in [0.15, 0.2) is 35.8 Å². The van der Waals surface area contributed by atoms with Gasteiger partial charge in [-0.05, 0) is 36.9 Å². The normalized spacial score (nSPS) is 11.7. The Hall–Kier alpha value is -1.92. The van der Waals surface area contributed by atoms with Gasteiger partial charge in [0.2, 0.25) is 0 Å². The fourth-order valence-corrected chi connectivity index (χ4v) is 2.49. The zero-order valence-corrected chi connectivity index (χ0v) is 13.5. The molecular weight excluding hydrogens is 324 g/mol. The Morgan fingerprint density at radius 2 is 2.23 bits per heavy atom. The molecule has 0 aliphatic carbocycles. The molecule has 2 aromatic rings. The zero-order valence-electron chi connectivity index (χ0n) is 11.9. The van der Waals surface area contributed by atoms with E-state index in [4.69, 9.17) is 16.3 Å². The van der Waals surface area contributed by atoms with Crippen molar-refractivity contribution in [2.45, 2.75) is 25.9 Å². The van der Waals surface area contributed by atoms with Gasteiger partial charge in [0, 0.05) is 11.1 Å². The van der Waals surface area contributed by atoms with Crippen molar-refractivity contribution in [1.29, 1.82) is 0 Å². The van der Waals surface area contributed by atoms with Crippen LogP contribution in [0.5, 0.6) is 0 Å². The van der Waals surface area contributed by atoms with Crippen molar-refractivity contribution >= 4 is 40.6 Å². The molecule has 0 radical (unpaired) electrons. The predicted molar refractivity (Wildman–Crippen MR) is 86.1 cm³/mol. The van der Waals surface area contributed by atoms with Crippen molar-refractivity contribution in [3.8, 4) is 0 Å². The second-order valence-electron chi connectivity index (χ2n) is 4.56. The van der Waals surface area contributed by atoms with Crippen molar-refractivity contribution in [2.24, 2.45) is 0 Å². The minimum absolute atomic E-state index is 0.247. The van der Waals surface area contributed by atoms with Crippen LogP contribution in [0.2, 0.25) is 5.02 Å². The Morgan fingerprint density at radius 1 is 1.41 bits per heavy atom. The highest BCUT2D eigenvalue weighted by Crippen LogP contribution is 2.12. The number of hydrogen-bond acceptors (Lipinski definition) is 5. The highest BCUT2D eigenvalue weighted by atomic mass is 35.5. The molecule has 1 amide bonds. The number of pyridine rings is 1. The Bertz CT molecular complexity index is 629. The zero-order chi connectivity index (χ0) is 15.9. The summed E-state index contributed by atoms with van der Waals surface area (Å²) < 4.78 is 5.11. The molecule has 0 bridgehead atoms. The third-order valence-electron chi connectivity index (χ3n) is 2.81. The number of carbonyl (C=O) groups is 2. The van der Waals surface area contributed by atoms with Crippen LogP contribution in [0.4, 0.5) is 5.82 Å².